The van der Waals surface area contributed by atoms with E-state index < -0.39 is 0 Å². The average molecular weight is 611 g/mol. The number of thiazole rings is 2. The van der Waals surface area contributed by atoms with Crippen molar-refractivity contribution in [1.82, 2.24) is 40.3 Å². The van der Waals surface area contributed by atoms with Crippen molar-refractivity contribution in [3.63, 3.8) is 0 Å². The van der Waals surface area contributed by atoms with Crippen LogP contribution >= 0.6 is 22.7 Å². The number of nitrogens with zero attached hydrogens (tertiary/aromatic N) is 8. The van der Waals surface area contributed by atoms with Gasteiger partial charge in [0.1, 0.15) is 28.4 Å². The van der Waals surface area contributed by atoms with Crippen LogP contribution in [0.4, 0.5) is 26.9 Å². The summed E-state index contributed by atoms with van der Waals surface area (Å²) in [6.07, 6.45) is 10.6. The van der Waals surface area contributed by atoms with E-state index in [1.165, 1.54) is 11.3 Å². The number of aromatic amines is 2. The van der Waals surface area contributed by atoms with Gasteiger partial charge in [0.15, 0.2) is 10.3 Å². The van der Waals surface area contributed by atoms with Crippen LogP contribution in [-0.2, 0) is 4.74 Å². The fraction of sp³-hybridized carbons (Fsp3) is 0.179. The van der Waals surface area contributed by atoms with E-state index in [1.807, 2.05) is 31.3 Å². The summed E-state index contributed by atoms with van der Waals surface area (Å²) in [7, 11) is 0. The lowest BCUT2D eigenvalue weighted by molar-refractivity contribution is 0.123. The summed E-state index contributed by atoms with van der Waals surface area (Å²) < 4.78 is 5.45. The molecule has 0 radical (unpaired) electrons. The molecule has 7 heterocycles. The summed E-state index contributed by atoms with van der Waals surface area (Å²) in [5.74, 6) is 1.30. The Kier molecular flexibility index (Phi) is 8.59. The number of nitriles is 1. The van der Waals surface area contributed by atoms with Gasteiger partial charge < -0.3 is 20.3 Å². The number of ether oxygens (including phenoxy) is 1. The third kappa shape index (κ3) is 6.67. The molecule has 0 unspecified atom stereocenters. The average Bonchev–Trinajstić information content (AvgIpc) is 3.87. The molecule has 7 rings (SSSR count). The molecule has 1 aliphatic heterocycles. The summed E-state index contributed by atoms with van der Waals surface area (Å²) in [5, 5.41) is 31.7. The third-order valence-electron chi connectivity index (χ3n) is 6.30. The van der Waals surface area contributed by atoms with Gasteiger partial charge in [0, 0.05) is 53.9 Å². The molecule has 0 amide bonds. The van der Waals surface area contributed by atoms with E-state index in [1.54, 1.807) is 54.5 Å². The van der Waals surface area contributed by atoms with Crippen LogP contribution in [0.5, 0.6) is 0 Å². The molecule has 15 heteroatoms. The fourth-order valence-corrected chi connectivity index (χ4v) is 6.14. The zero-order valence-electron chi connectivity index (χ0n) is 23.0. The van der Waals surface area contributed by atoms with E-state index in [0.29, 0.717) is 16.5 Å². The van der Waals surface area contributed by atoms with Gasteiger partial charge in [-0.3, -0.25) is 10.2 Å². The van der Waals surface area contributed by atoms with E-state index in [2.05, 4.69) is 56.9 Å². The molecule has 43 heavy (non-hydrogen) atoms. The number of hydrogen-bond acceptors (Lipinski definition) is 13. The minimum Gasteiger partial charge on any atom is -0.378 e. The molecule has 0 bridgehead atoms. The van der Waals surface area contributed by atoms with Crippen molar-refractivity contribution in [2.45, 2.75) is 6.92 Å². The fourth-order valence-electron chi connectivity index (χ4n) is 4.26. The minimum absolute atomic E-state index is 0.491. The van der Waals surface area contributed by atoms with Gasteiger partial charge in [-0.1, -0.05) is 17.4 Å². The summed E-state index contributed by atoms with van der Waals surface area (Å²) in [4.78, 5) is 21.1. The first-order chi connectivity index (χ1) is 21.2. The second kappa shape index (κ2) is 13.2. The number of aromatic nitrogens is 8. The van der Waals surface area contributed by atoms with Gasteiger partial charge in [-0.15, -0.1) is 11.3 Å². The predicted octanol–water partition coefficient (Wildman–Crippen LogP) is 5.36. The molecule has 1 aliphatic rings. The van der Waals surface area contributed by atoms with Gasteiger partial charge in [0.05, 0.1) is 36.9 Å². The highest BCUT2D eigenvalue weighted by atomic mass is 32.1. The van der Waals surface area contributed by atoms with E-state index in [0.717, 1.165) is 69.6 Å². The molecule has 0 aliphatic carbocycles. The second-order valence-electron chi connectivity index (χ2n) is 9.15. The first kappa shape index (κ1) is 28.0. The van der Waals surface area contributed by atoms with Gasteiger partial charge in [-0.05, 0) is 31.2 Å². The number of H-pyrrole nitrogens is 2. The molecule has 4 N–H and O–H groups in total. The van der Waals surface area contributed by atoms with Crippen LogP contribution in [0, 0.1) is 18.3 Å². The van der Waals surface area contributed by atoms with Gasteiger partial charge in [-0.25, -0.2) is 19.9 Å². The Morgan fingerprint density at radius 2 is 1.60 bits per heavy atom. The third-order valence-corrected chi connectivity index (χ3v) is 8.22. The smallest absolute Gasteiger partial charge is 0.190 e. The number of rotatable bonds is 7. The van der Waals surface area contributed by atoms with Crippen LogP contribution < -0.4 is 15.5 Å². The van der Waals surface area contributed by atoms with E-state index >= 15 is 0 Å². The molecular formula is C28H26N12OS2. The van der Waals surface area contributed by atoms with Crippen LogP contribution in [-0.4, -0.2) is 66.6 Å². The minimum atomic E-state index is 0.491. The Balaban J connectivity index is 0.000000155. The van der Waals surface area contributed by atoms with Crippen molar-refractivity contribution in [1.29, 1.82) is 5.26 Å². The molecular weight excluding hydrogens is 585 g/mol. The lowest BCUT2D eigenvalue weighted by atomic mass is 10.2. The second-order valence-corrected chi connectivity index (χ2v) is 11.3. The number of hydrogen-bond donors (Lipinski definition) is 4. The molecule has 0 spiro atoms. The SMILES string of the molecule is Cc1sc(Nc2ncccc2C#N)nc1-c1cn[nH]c1.c1ccc(Nc2nc(-c3cn[nH]c3)c(N3CCOCC3)s2)nc1. The van der Waals surface area contributed by atoms with E-state index in [-0.39, 0.29) is 0 Å². The highest BCUT2D eigenvalue weighted by Gasteiger charge is 2.21. The van der Waals surface area contributed by atoms with Gasteiger partial charge in [0.25, 0.3) is 0 Å². The van der Waals surface area contributed by atoms with Crippen LogP contribution in [0.25, 0.3) is 22.5 Å². The van der Waals surface area contributed by atoms with Gasteiger partial charge in [-0.2, -0.15) is 15.5 Å². The Hall–Kier alpha value is -5.17. The topological polar surface area (TPSA) is 169 Å². The van der Waals surface area contributed by atoms with Crippen LogP contribution in [0.15, 0.2) is 67.5 Å². The summed E-state index contributed by atoms with van der Waals surface area (Å²) >= 11 is 3.14. The molecule has 216 valence electrons. The summed E-state index contributed by atoms with van der Waals surface area (Å²) in [5.41, 5.74) is 4.22. The van der Waals surface area contributed by atoms with Crippen molar-refractivity contribution in [3.05, 3.63) is 78.0 Å². The maximum absolute atomic E-state index is 9.05. The van der Waals surface area contributed by atoms with Crippen molar-refractivity contribution in [2.75, 3.05) is 41.8 Å². The lowest BCUT2D eigenvalue weighted by Gasteiger charge is -2.27. The predicted molar refractivity (Wildman–Crippen MR) is 167 cm³/mol. The number of anilines is 5. The highest BCUT2D eigenvalue weighted by molar-refractivity contribution is 7.20. The molecule has 6 aromatic heterocycles. The number of nitrogens with one attached hydrogen (secondary N) is 4. The van der Waals surface area contributed by atoms with Crippen molar-refractivity contribution >= 4 is 49.6 Å². The Labute approximate surface area is 254 Å². The number of aryl methyl sites for hydroxylation is 1. The molecule has 0 atom stereocenters. The van der Waals surface area contributed by atoms with E-state index in [4.69, 9.17) is 15.0 Å². The number of morpholine rings is 1. The maximum atomic E-state index is 9.05. The van der Waals surface area contributed by atoms with Crippen molar-refractivity contribution in [2.24, 2.45) is 0 Å². The standard InChI is InChI=1S/C15H16N6OS.C13H10N6S/c1-2-4-16-12(3-1)19-15-20-13(11-9-17-18-10-11)14(23-15)21-5-7-22-8-6-21;1-8-11(10-6-16-17-7-10)18-13(20-8)19-12-9(5-14)3-2-4-15-12/h1-4,9-10H,5-8H2,(H,17,18)(H,16,19,20);2-4,6-7H,1H3,(H,16,17)(H,15,18,19). The van der Waals surface area contributed by atoms with Crippen LogP contribution in [0.3, 0.4) is 0 Å². The lowest BCUT2D eigenvalue weighted by Crippen LogP contribution is -2.35. The molecule has 0 aromatic carbocycles. The highest BCUT2D eigenvalue weighted by Crippen LogP contribution is 2.39. The zero-order chi connectivity index (χ0) is 29.4. The molecule has 1 fully saturated rings. The Morgan fingerprint density at radius 3 is 2.30 bits per heavy atom. The molecule has 6 aromatic rings. The quantitative estimate of drug-likeness (QED) is 0.183. The van der Waals surface area contributed by atoms with Gasteiger partial charge >= 0.3 is 0 Å². The van der Waals surface area contributed by atoms with Crippen LogP contribution in [0.2, 0.25) is 0 Å². The molecule has 0 saturated carbocycles. The first-order valence-corrected chi connectivity index (χ1v) is 14.9. The monoisotopic (exact) mass is 610 g/mol. The summed E-state index contributed by atoms with van der Waals surface area (Å²) in [6, 6.07) is 11.3. The number of pyridine rings is 2. The summed E-state index contributed by atoms with van der Waals surface area (Å²) in [6.45, 7) is 5.22. The largest absolute Gasteiger partial charge is 0.378 e. The van der Waals surface area contributed by atoms with E-state index in [9.17, 15) is 0 Å². The Morgan fingerprint density at radius 1 is 0.884 bits per heavy atom. The van der Waals surface area contributed by atoms with Gasteiger partial charge in [0.2, 0.25) is 0 Å². The van der Waals surface area contributed by atoms with Crippen molar-refractivity contribution in [3.8, 4) is 28.6 Å². The first-order valence-electron chi connectivity index (χ1n) is 13.3. The normalized spacial score (nSPS) is 12.7. The van der Waals surface area contributed by atoms with Crippen LogP contribution in [0.1, 0.15) is 10.4 Å². The maximum Gasteiger partial charge on any atom is 0.190 e. The zero-order valence-corrected chi connectivity index (χ0v) is 24.6. The molecule has 1 saturated heterocycles. The Bertz CT molecular complexity index is 1790. The molecule has 13 nitrogen and oxygen atoms in total. The van der Waals surface area contributed by atoms with Crippen molar-refractivity contribution < 1.29 is 4.74 Å².